The first-order valence-electron chi connectivity index (χ1n) is 9.27. The van der Waals surface area contributed by atoms with Crippen LogP contribution in [0.3, 0.4) is 0 Å². The Labute approximate surface area is 172 Å². The van der Waals surface area contributed by atoms with Crippen LogP contribution in [0, 0.1) is 20.8 Å². The Morgan fingerprint density at radius 1 is 1.10 bits per heavy atom. The molecule has 0 spiro atoms. The lowest BCUT2D eigenvalue weighted by Crippen LogP contribution is -2.07. The Hall–Kier alpha value is -3.06. The van der Waals surface area contributed by atoms with Crippen molar-refractivity contribution in [3.05, 3.63) is 77.0 Å². The maximum atomic E-state index is 12.8. The number of rotatable bonds is 7. The summed E-state index contributed by atoms with van der Waals surface area (Å²) in [7, 11) is 0. The second-order valence-corrected chi connectivity index (χ2v) is 7.78. The quantitative estimate of drug-likeness (QED) is 0.314. The van der Waals surface area contributed by atoms with Crippen molar-refractivity contribution < 1.29 is 13.6 Å². The molecule has 4 aromatic rings. The largest absolute Gasteiger partial charge is 0.467 e. The van der Waals surface area contributed by atoms with Crippen molar-refractivity contribution in [2.24, 2.45) is 0 Å². The summed E-state index contributed by atoms with van der Waals surface area (Å²) in [6.07, 6.45) is 1.65. The third-order valence-electron chi connectivity index (χ3n) is 4.88. The Morgan fingerprint density at radius 3 is 2.69 bits per heavy atom. The van der Waals surface area contributed by atoms with E-state index in [1.807, 2.05) is 63.2 Å². The highest BCUT2D eigenvalue weighted by atomic mass is 32.2. The van der Waals surface area contributed by atoms with Crippen molar-refractivity contribution in [3.8, 4) is 11.5 Å². The van der Waals surface area contributed by atoms with E-state index in [0.29, 0.717) is 23.2 Å². The molecule has 0 saturated carbocycles. The van der Waals surface area contributed by atoms with Crippen molar-refractivity contribution >= 4 is 17.5 Å². The van der Waals surface area contributed by atoms with Gasteiger partial charge in [-0.15, -0.1) is 10.2 Å². The van der Waals surface area contributed by atoms with E-state index >= 15 is 0 Å². The predicted octanol–water partition coefficient (Wildman–Crippen LogP) is 5.08. The number of hydrogen-bond donors (Lipinski definition) is 0. The molecule has 1 aromatic carbocycles. The van der Waals surface area contributed by atoms with Gasteiger partial charge in [-0.2, -0.15) is 0 Å². The highest BCUT2D eigenvalue weighted by Gasteiger charge is 2.18. The lowest BCUT2D eigenvalue weighted by molar-refractivity contribution is 0.102. The Bertz CT molecular complexity index is 1140. The average Bonchev–Trinajstić information content (AvgIpc) is 3.44. The summed E-state index contributed by atoms with van der Waals surface area (Å²) in [6.45, 7) is 6.55. The minimum absolute atomic E-state index is 0.0319. The molecule has 29 heavy (non-hydrogen) atoms. The monoisotopic (exact) mass is 407 g/mol. The predicted molar refractivity (Wildman–Crippen MR) is 111 cm³/mol. The number of thioether (sulfide) groups is 1. The molecule has 7 heteroatoms. The smallest absolute Gasteiger partial charge is 0.277 e. The summed E-state index contributed by atoms with van der Waals surface area (Å²) < 4.78 is 13.3. The molecule has 0 atom stereocenters. The van der Waals surface area contributed by atoms with E-state index in [0.717, 1.165) is 28.3 Å². The number of Topliss-reactive ketones (excluding diaryl/α,β-unsaturated/α-hetero) is 1. The SMILES string of the molecule is Cc1ccccc1-c1nnc(SCC(=O)c2cc(C)n(Cc3ccco3)c2C)o1. The lowest BCUT2D eigenvalue weighted by Gasteiger charge is -2.07. The van der Waals surface area contributed by atoms with Gasteiger partial charge >= 0.3 is 0 Å². The van der Waals surface area contributed by atoms with E-state index in [-0.39, 0.29) is 11.5 Å². The molecule has 0 radical (unpaired) electrons. The summed E-state index contributed by atoms with van der Waals surface area (Å²) in [4.78, 5) is 12.8. The van der Waals surface area contributed by atoms with Crippen LogP contribution in [0.15, 0.2) is 62.8 Å². The normalized spacial score (nSPS) is 11.1. The molecule has 0 aliphatic carbocycles. The summed E-state index contributed by atoms with van der Waals surface area (Å²) in [5, 5.41) is 8.57. The Kier molecular flexibility index (Phi) is 5.40. The second kappa shape index (κ2) is 8.13. The molecule has 0 aliphatic rings. The van der Waals surface area contributed by atoms with Gasteiger partial charge in [0.25, 0.3) is 5.22 Å². The standard InChI is InChI=1S/C22H21N3O3S/c1-14-7-4-5-9-18(14)21-23-24-22(28-21)29-13-20(26)19-11-15(2)25(16(19)3)12-17-8-6-10-27-17/h4-11H,12-13H2,1-3H3. The molecule has 0 saturated heterocycles. The minimum Gasteiger partial charge on any atom is -0.467 e. The third kappa shape index (κ3) is 4.05. The van der Waals surface area contributed by atoms with Gasteiger partial charge in [0.05, 0.1) is 18.6 Å². The first-order valence-corrected chi connectivity index (χ1v) is 10.3. The van der Waals surface area contributed by atoms with E-state index in [2.05, 4.69) is 14.8 Å². The van der Waals surface area contributed by atoms with Gasteiger partial charge in [-0.1, -0.05) is 30.0 Å². The van der Waals surface area contributed by atoms with Gasteiger partial charge in [-0.05, 0) is 50.6 Å². The lowest BCUT2D eigenvalue weighted by atomic mass is 10.1. The van der Waals surface area contributed by atoms with Crippen LogP contribution >= 0.6 is 11.8 Å². The molecule has 148 valence electrons. The first kappa shape index (κ1) is 19.3. The zero-order valence-corrected chi connectivity index (χ0v) is 17.3. The van der Waals surface area contributed by atoms with Gasteiger partial charge in [-0.3, -0.25) is 4.79 Å². The van der Waals surface area contributed by atoms with E-state index in [4.69, 9.17) is 8.83 Å². The molecule has 0 aliphatic heterocycles. The number of nitrogens with zero attached hydrogens (tertiary/aromatic N) is 3. The summed E-state index contributed by atoms with van der Waals surface area (Å²) in [6, 6.07) is 13.5. The van der Waals surface area contributed by atoms with Crippen molar-refractivity contribution in [1.82, 2.24) is 14.8 Å². The molecule has 0 N–H and O–H groups in total. The highest BCUT2D eigenvalue weighted by Crippen LogP contribution is 2.26. The fourth-order valence-corrected chi connectivity index (χ4v) is 3.93. The van der Waals surface area contributed by atoms with Gasteiger partial charge in [0.2, 0.25) is 5.89 Å². The summed E-state index contributed by atoms with van der Waals surface area (Å²) in [5.74, 6) is 1.59. The van der Waals surface area contributed by atoms with Gasteiger partial charge in [0, 0.05) is 22.5 Å². The minimum atomic E-state index is 0.0319. The molecule has 3 aromatic heterocycles. The fraction of sp³-hybridized carbons (Fsp3) is 0.227. The van der Waals surface area contributed by atoms with E-state index < -0.39 is 0 Å². The van der Waals surface area contributed by atoms with Crippen LogP contribution in [0.4, 0.5) is 0 Å². The highest BCUT2D eigenvalue weighted by molar-refractivity contribution is 7.99. The van der Waals surface area contributed by atoms with E-state index in [9.17, 15) is 4.79 Å². The molecule has 0 unspecified atom stereocenters. The van der Waals surface area contributed by atoms with Crippen molar-refractivity contribution in [2.75, 3.05) is 5.75 Å². The number of benzene rings is 1. The van der Waals surface area contributed by atoms with Gasteiger partial charge in [0.1, 0.15) is 5.76 Å². The van der Waals surface area contributed by atoms with Crippen LogP contribution in [0.25, 0.3) is 11.5 Å². The van der Waals surface area contributed by atoms with Crippen molar-refractivity contribution in [3.63, 3.8) is 0 Å². The molecular formula is C22H21N3O3S. The number of furan rings is 1. The van der Waals surface area contributed by atoms with E-state index in [1.54, 1.807) is 6.26 Å². The van der Waals surface area contributed by atoms with Crippen LogP contribution < -0.4 is 0 Å². The summed E-state index contributed by atoms with van der Waals surface area (Å²) in [5.41, 5.74) is 4.62. The molecule has 3 heterocycles. The number of carbonyl (C=O) groups is 1. The molecule has 0 fully saturated rings. The van der Waals surface area contributed by atoms with Crippen LogP contribution in [-0.4, -0.2) is 26.3 Å². The van der Waals surface area contributed by atoms with Crippen LogP contribution in [-0.2, 0) is 6.54 Å². The molecule has 4 rings (SSSR count). The molecule has 0 bridgehead atoms. The zero-order chi connectivity index (χ0) is 20.4. The topological polar surface area (TPSA) is 74.1 Å². The van der Waals surface area contributed by atoms with Crippen molar-refractivity contribution in [1.29, 1.82) is 0 Å². The summed E-state index contributed by atoms with van der Waals surface area (Å²) >= 11 is 1.26. The van der Waals surface area contributed by atoms with Crippen LogP contribution in [0.1, 0.15) is 33.1 Å². The van der Waals surface area contributed by atoms with Crippen LogP contribution in [0.2, 0.25) is 0 Å². The third-order valence-corrected chi connectivity index (χ3v) is 5.70. The number of aryl methyl sites for hydroxylation is 2. The molecule has 0 amide bonds. The number of hydrogen-bond acceptors (Lipinski definition) is 6. The van der Waals surface area contributed by atoms with Crippen LogP contribution in [0.5, 0.6) is 0 Å². The van der Waals surface area contributed by atoms with Gasteiger partial charge in [-0.25, -0.2) is 0 Å². The number of ketones is 1. The maximum Gasteiger partial charge on any atom is 0.277 e. The maximum absolute atomic E-state index is 12.8. The zero-order valence-electron chi connectivity index (χ0n) is 16.5. The Balaban J connectivity index is 1.45. The number of carbonyl (C=O) groups excluding carboxylic acids is 1. The Morgan fingerprint density at radius 2 is 1.93 bits per heavy atom. The van der Waals surface area contributed by atoms with E-state index in [1.165, 1.54) is 11.8 Å². The first-order chi connectivity index (χ1) is 14.0. The molecular weight excluding hydrogens is 386 g/mol. The molecule has 6 nitrogen and oxygen atoms in total. The fourth-order valence-electron chi connectivity index (χ4n) is 3.28. The van der Waals surface area contributed by atoms with Crippen molar-refractivity contribution in [2.45, 2.75) is 32.5 Å². The van der Waals surface area contributed by atoms with Gasteiger partial charge in [0.15, 0.2) is 5.78 Å². The number of aromatic nitrogens is 3. The second-order valence-electron chi connectivity index (χ2n) is 6.85. The average molecular weight is 407 g/mol. The van der Waals surface area contributed by atoms with Gasteiger partial charge < -0.3 is 13.4 Å².